The van der Waals surface area contributed by atoms with Crippen molar-refractivity contribution in [3.8, 4) is 0 Å². The second-order valence-electron chi connectivity index (χ2n) is 5.53. The molecule has 0 radical (unpaired) electrons. The van der Waals surface area contributed by atoms with Gasteiger partial charge in [-0.05, 0) is 70.5 Å². The Labute approximate surface area is 174 Å². The fourth-order valence-corrected chi connectivity index (χ4v) is 2.81. The van der Waals surface area contributed by atoms with Gasteiger partial charge < -0.3 is 4.84 Å². The summed E-state index contributed by atoms with van der Waals surface area (Å²) in [7, 11) is 0. The molecule has 0 unspecified atom stereocenters. The van der Waals surface area contributed by atoms with Crippen LogP contribution in [0.1, 0.15) is 20.7 Å². The van der Waals surface area contributed by atoms with Crippen LogP contribution in [0.5, 0.6) is 0 Å². The summed E-state index contributed by atoms with van der Waals surface area (Å²) in [6.07, 6.45) is 0. The lowest BCUT2D eigenvalue weighted by Crippen LogP contribution is -2.10. The molecule has 0 fully saturated rings. The minimum absolute atomic E-state index is 0.330. The summed E-state index contributed by atoms with van der Waals surface area (Å²) in [5.74, 6) is -1.02. The van der Waals surface area contributed by atoms with Crippen LogP contribution in [-0.2, 0) is 4.84 Å². The van der Waals surface area contributed by atoms with Crippen LogP contribution in [-0.4, -0.2) is 11.9 Å². The number of carbonyl (C=O) groups is 2. The van der Waals surface area contributed by atoms with Gasteiger partial charge in [-0.3, -0.25) is 4.79 Å². The highest BCUT2D eigenvalue weighted by atomic mass is 79.9. The lowest BCUT2D eigenvalue weighted by Gasteiger charge is -2.07. The maximum Gasteiger partial charge on any atom is 0.362 e. The summed E-state index contributed by atoms with van der Waals surface area (Å²) in [6, 6.07) is 20.0. The van der Waals surface area contributed by atoms with Gasteiger partial charge in [0.15, 0.2) is 0 Å². The molecule has 6 nitrogen and oxygen atoms in total. The predicted molar refractivity (Wildman–Crippen MR) is 110 cm³/mol. The van der Waals surface area contributed by atoms with Crippen LogP contribution in [0.25, 0.3) is 0 Å². The second-order valence-corrected chi connectivity index (χ2v) is 6.82. The number of carbonyl (C=O) groups excluding carboxylic acids is 2. The van der Waals surface area contributed by atoms with Crippen LogP contribution in [0.4, 0.5) is 11.4 Å². The van der Waals surface area contributed by atoms with Gasteiger partial charge in [-0.15, -0.1) is 10.2 Å². The highest BCUT2D eigenvalue weighted by molar-refractivity contribution is 9.10. The van der Waals surface area contributed by atoms with Crippen molar-refractivity contribution < 1.29 is 14.4 Å². The van der Waals surface area contributed by atoms with Crippen LogP contribution in [0.2, 0.25) is 5.02 Å². The minimum atomic E-state index is -0.565. The molecule has 0 saturated carbocycles. The molecule has 1 N–H and O–H groups in total. The van der Waals surface area contributed by atoms with E-state index in [1.165, 1.54) is 6.07 Å². The number of nitrogens with one attached hydrogen (secondary N) is 1. The van der Waals surface area contributed by atoms with Crippen molar-refractivity contribution in [2.45, 2.75) is 0 Å². The van der Waals surface area contributed by atoms with Crippen LogP contribution < -0.4 is 5.48 Å². The summed E-state index contributed by atoms with van der Waals surface area (Å²) >= 11 is 9.15. The Morgan fingerprint density at radius 3 is 2.43 bits per heavy atom. The smallest absolute Gasteiger partial charge is 0.338 e. The van der Waals surface area contributed by atoms with Crippen molar-refractivity contribution in [1.29, 1.82) is 0 Å². The molecule has 0 aliphatic rings. The number of amides is 1. The van der Waals surface area contributed by atoms with Crippen LogP contribution in [0, 0.1) is 0 Å². The molecule has 28 heavy (non-hydrogen) atoms. The van der Waals surface area contributed by atoms with Gasteiger partial charge >= 0.3 is 5.97 Å². The van der Waals surface area contributed by atoms with Crippen molar-refractivity contribution in [1.82, 2.24) is 0 Å². The van der Waals surface area contributed by atoms with E-state index in [1.54, 1.807) is 60.7 Å². The van der Waals surface area contributed by atoms with E-state index in [2.05, 4.69) is 31.6 Å². The average molecular weight is 459 g/mol. The summed E-state index contributed by atoms with van der Waals surface area (Å²) in [6.45, 7) is 0. The standard InChI is InChI=1S/C20H13BrClN3O3/c21-18-7-2-1-6-17(18)19(26)24-23-15-8-10-16(11-9-15)25-28-20(27)13-4-3-5-14(22)12-13/h1-12,25H. The molecule has 3 rings (SSSR count). The molecular formula is C20H13BrClN3O3. The maximum absolute atomic E-state index is 12.1. The largest absolute Gasteiger partial charge is 0.362 e. The normalized spacial score (nSPS) is 10.6. The molecule has 1 amide bonds. The quantitative estimate of drug-likeness (QED) is 0.364. The molecule has 0 spiro atoms. The third-order valence-corrected chi connectivity index (χ3v) is 4.48. The third-order valence-electron chi connectivity index (χ3n) is 3.55. The highest BCUT2D eigenvalue weighted by Gasteiger charge is 2.09. The van der Waals surface area contributed by atoms with E-state index in [0.29, 0.717) is 32.0 Å². The monoisotopic (exact) mass is 457 g/mol. The van der Waals surface area contributed by atoms with Crippen molar-refractivity contribution in [2.24, 2.45) is 10.2 Å². The first-order chi connectivity index (χ1) is 13.5. The molecule has 0 saturated heterocycles. The van der Waals surface area contributed by atoms with Gasteiger partial charge in [0.25, 0.3) is 5.91 Å². The van der Waals surface area contributed by atoms with Gasteiger partial charge in [0.05, 0.1) is 22.5 Å². The van der Waals surface area contributed by atoms with Gasteiger partial charge in [0.1, 0.15) is 0 Å². The van der Waals surface area contributed by atoms with E-state index in [4.69, 9.17) is 16.4 Å². The fourth-order valence-electron chi connectivity index (χ4n) is 2.17. The summed E-state index contributed by atoms with van der Waals surface area (Å²) in [5.41, 5.74) is 4.32. The summed E-state index contributed by atoms with van der Waals surface area (Å²) in [4.78, 5) is 29.0. The van der Waals surface area contributed by atoms with Crippen molar-refractivity contribution in [2.75, 3.05) is 5.48 Å². The number of hydrogen-bond donors (Lipinski definition) is 1. The summed E-state index contributed by atoms with van der Waals surface area (Å²) in [5, 5.41) is 8.08. The number of rotatable bonds is 5. The zero-order valence-corrected chi connectivity index (χ0v) is 16.6. The Bertz CT molecular complexity index is 1040. The average Bonchev–Trinajstić information content (AvgIpc) is 2.71. The van der Waals surface area contributed by atoms with Crippen molar-refractivity contribution in [3.63, 3.8) is 0 Å². The topological polar surface area (TPSA) is 80.1 Å². The zero-order chi connectivity index (χ0) is 19.9. The molecule has 3 aromatic carbocycles. The van der Waals surface area contributed by atoms with Crippen molar-refractivity contribution in [3.05, 3.63) is 93.4 Å². The molecule has 0 heterocycles. The number of benzene rings is 3. The molecule has 0 atom stereocenters. The highest BCUT2D eigenvalue weighted by Crippen LogP contribution is 2.20. The van der Waals surface area contributed by atoms with E-state index in [1.807, 2.05) is 6.07 Å². The molecule has 8 heteroatoms. The fraction of sp³-hybridized carbons (Fsp3) is 0. The minimum Gasteiger partial charge on any atom is -0.338 e. The molecule has 0 aromatic heterocycles. The van der Waals surface area contributed by atoms with Gasteiger partial charge in [-0.25, -0.2) is 10.3 Å². The molecule has 0 bridgehead atoms. The molecule has 0 aliphatic carbocycles. The summed E-state index contributed by atoms with van der Waals surface area (Å²) < 4.78 is 0.653. The third kappa shape index (κ3) is 5.25. The Morgan fingerprint density at radius 1 is 0.964 bits per heavy atom. The molecule has 0 aliphatic heterocycles. The van der Waals surface area contributed by atoms with E-state index in [-0.39, 0.29) is 0 Å². The second kappa shape index (κ2) is 9.25. The van der Waals surface area contributed by atoms with Crippen LogP contribution >= 0.6 is 27.5 Å². The lowest BCUT2D eigenvalue weighted by atomic mass is 10.2. The Morgan fingerprint density at radius 2 is 1.71 bits per heavy atom. The molecule has 140 valence electrons. The number of nitrogens with zero attached hydrogens (tertiary/aromatic N) is 2. The molecular weight excluding hydrogens is 446 g/mol. The van der Waals surface area contributed by atoms with Gasteiger partial charge in [0.2, 0.25) is 0 Å². The Hall–Kier alpha value is -3.03. The first kappa shape index (κ1) is 19.7. The van der Waals surface area contributed by atoms with E-state index < -0.39 is 11.9 Å². The SMILES string of the molecule is O=C(ONc1ccc(N=NC(=O)c2ccccc2Br)cc1)c1cccc(Cl)c1. The Kier molecular flexibility index (Phi) is 6.52. The van der Waals surface area contributed by atoms with Crippen molar-refractivity contribution >= 4 is 50.8 Å². The van der Waals surface area contributed by atoms with Gasteiger partial charge in [-0.2, -0.15) is 0 Å². The van der Waals surface area contributed by atoms with Gasteiger partial charge in [-0.1, -0.05) is 29.8 Å². The molecule has 3 aromatic rings. The van der Waals surface area contributed by atoms with Crippen LogP contribution in [0.15, 0.2) is 87.5 Å². The maximum atomic E-state index is 12.1. The predicted octanol–water partition coefficient (Wildman–Crippen LogP) is 6.21. The first-order valence-electron chi connectivity index (χ1n) is 8.06. The Balaban J connectivity index is 1.58. The van der Waals surface area contributed by atoms with Crippen LogP contribution in [0.3, 0.4) is 0 Å². The number of halogens is 2. The number of anilines is 1. The van der Waals surface area contributed by atoms with Gasteiger partial charge in [0, 0.05) is 9.50 Å². The first-order valence-corrected chi connectivity index (χ1v) is 9.23. The zero-order valence-electron chi connectivity index (χ0n) is 14.3. The number of azo groups is 1. The van der Waals surface area contributed by atoms with E-state index in [9.17, 15) is 9.59 Å². The lowest BCUT2D eigenvalue weighted by molar-refractivity contribution is 0.0596. The van der Waals surface area contributed by atoms with E-state index >= 15 is 0 Å². The number of hydrogen-bond acceptors (Lipinski definition) is 5. The van der Waals surface area contributed by atoms with E-state index in [0.717, 1.165) is 0 Å².